The monoisotopic (exact) mass is 394 g/mol. The molecular formula is C18H16Cl2N2O4. The summed E-state index contributed by atoms with van der Waals surface area (Å²) in [4.78, 5) is 25.2. The maximum absolute atomic E-state index is 12.3. The summed E-state index contributed by atoms with van der Waals surface area (Å²) < 4.78 is 5.23. The van der Waals surface area contributed by atoms with Gasteiger partial charge in [0.05, 0.1) is 20.5 Å². The van der Waals surface area contributed by atoms with Crippen molar-refractivity contribution in [3.8, 4) is 0 Å². The number of rotatable bonds is 5. The number of halogens is 2. The van der Waals surface area contributed by atoms with Gasteiger partial charge in [0.1, 0.15) is 12.3 Å². The van der Waals surface area contributed by atoms with E-state index in [2.05, 4.69) is 0 Å². The van der Waals surface area contributed by atoms with E-state index in [0.29, 0.717) is 21.3 Å². The summed E-state index contributed by atoms with van der Waals surface area (Å²) in [5.41, 5.74) is 1.26. The molecule has 2 aromatic carbocycles. The Hall–Kier alpha value is -2.31. The molecule has 3 rings (SSSR count). The van der Waals surface area contributed by atoms with E-state index in [1.807, 2.05) is 4.90 Å². The normalized spacial score (nSPS) is 13.7. The van der Waals surface area contributed by atoms with Crippen molar-refractivity contribution >= 4 is 40.5 Å². The van der Waals surface area contributed by atoms with Gasteiger partial charge in [-0.3, -0.25) is 10.1 Å². The van der Waals surface area contributed by atoms with Crippen molar-refractivity contribution in [1.82, 2.24) is 0 Å². The van der Waals surface area contributed by atoms with Crippen LogP contribution >= 0.6 is 23.2 Å². The molecule has 6 nitrogen and oxygen atoms in total. The number of carbonyl (C=O) groups is 1. The lowest BCUT2D eigenvalue weighted by Crippen LogP contribution is -2.19. The van der Waals surface area contributed by atoms with Crippen molar-refractivity contribution in [3.05, 3.63) is 67.7 Å². The van der Waals surface area contributed by atoms with Gasteiger partial charge in [0.2, 0.25) is 0 Å². The maximum Gasteiger partial charge on any atom is 0.338 e. The van der Waals surface area contributed by atoms with Gasteiger partial charge in [0.15, 0.2) is 0 Å². The number of hydrogen-bond acceptors (Lipinski definition) is 5. The first-order chi connectivity index (χ1) is 12.5. The summed E-state index contributed by atoms with van der Waals surface area (Å²) in [7, 11) is 0. The predicted octanol–water partition coefficient (Wildman–Crippen LogP) is 4.86. The number of benzene rings is 2. The Morgan fingerprint density at radius 2 is 1.85 bits per heavy atom. The molecule has 1 heterocycles. The van der Waals surface area contributed by atoms with E-state index < -0.39 is 10.9 Å². The fourth-order valence-electron chi connectivity index (χ4n) is 2.88. The first-order valence-corrected chi connectivity index (χ1v) is 8.86. The Bertz CT molecular complexity index is 851. The van der Waals surface area contributed by atoms with E-state index in [0.717, 1.165) is 25.9 Å². The van der Waals surface area contributed by atoms with E-state index in [-0.39, 0.29) is 17.9 Å². The Balaban J connectivity index is 1.75. The van der Waals surface area contributed by atoms with Crippen LogP contribution in [0.15, 0.2) is 36.4 Å². The molecule has 2 aromatic rings. The lowest BCUT2D eigenvalue weighted by molar-refractivity contribution is -0.384. The second-order valence-electron chi connectivity index (χ2n) is 5.98. The van der Waals surface area contributed by atoms with Crippen LogP contribution < -0.4 is 4.90 Å². The highest BCUT2D eigenvalue weighted by molar-refractivity contribution is 6.42. The average Bonchev–Trinajstić information content (AvgIpc) is 3.16. The highest BCUT2D eigenvalue weighted by Gasteiger charge is 2.24. The minimum Gasteiger partial charge on any atom is -0.457 e. The summed E-state index contributed by atoms with van der Waals surface area (Å²) in [5, 5.41) is 12.2. The molecule has 1 aliphatic rings. The van der Waals surface area contributed by atoms with Crippen LogP contribution in [0, 0.1) is 10.1 Å². The topological polar surface area (TPSA) is 72.7 Å². The third-order valence-corrected chi connectivity index (χ3v) is 4.95. The number of anilines is 1. The largest absolute Gasteiger partial charge is 0.457 e. The number of nitro groups is 1. The number of ether oxygens (including phenoxy) is 1. The zero-order valence-corrected chi connectivity index (χ0v) is 15.3. The van der Waals surface area contributed by atoms with Crippen LogP contribution in [0.3, 0.4) is 0 Å². The van der Waals surface area contributed by atoms with Crippen LogP contribution in [-0.4, -0.2) is 24.0 Å². The number of esters is 1. The zero-order valence-electron chi connectivity index (χ0n) is 13.8. The van der Waals surface area contributed by atoms with Gasteiger partial charge in [0, 0.05) is 19.2 Å². The molecule has 0 aromatic heterocycles. The van der Waals surface area contributed by atoms with E-state index in [9.17, 15) is 14.9 Å². The zero-order chi connectivity index (χ0) is 18.7. The number of carbonyl (C=O) groups excluding carboxylic acids is 1. The van der Waals surface area contributed by atoms with E-state index in [4.69, 9.17) is 27.9 Å². The second kappa shape index (κ2) is 7.93. The maximum atomic E-state index is 12.3. The van der Waals surface area contributed by atoms with Gasteiger partial charge in [-0.05, 0) is 42.7 Å². The summed E-state index contributed by atoms with van der Waals surface area (Å²) >= 11 is 11.8. The molecule has 0 N–H and O–H groups in total. The van der Waals surface area contributed by atoms with Gasteiger partial charge in [-0.15, -0.1) is 0 Å². The summed E-state index contributed by atoms with van der Waals surface area (Å²) in [6.07, 6.45) is 2.01. The Labute approximate surface area is 160 Å². The standard InChI is InChI=1S/C18H16Cl2N2O4/c19-14-5-3-12(9-15(14)20)11-26-18(23)13-4-6-16(17(10-13)22(24)25)21-7-1-2-8-21/h3-6,9-10H,1-2,7-8,11H2. The summed E-state index contributed by atoms with van der Waals surface area (Å²) in [6.45, 7) is 1.56. The van der Waals surface area contributed by atoms with Crippen molar-refractivity contribution in [2.45, 2.75) is 19.4 Å². The molecule has 0 amide bonds. The third-order valence-electron chi connectivity index (χ3n) is 4.21. The number of hydrogen-bond donors (Lipinski definition) is 0. The molecule has 8 heteroatoms. The first kappa shape index (κ1) is 18.5. The van der Waals surface area contributed by atoms with Gasteiger partial charge in [-0.1, -0.05) is 29.3 Å². The van der Waals surface area contributed by atoms with Crippen LogP contribution in [-0.2, 0) is 11.3 Å². The Morgan fingerprint density at radius 3 is 2.50 bits per heavy atom. The SMILES string of the molecule is O=C(OCc1ccc(Cl)c(Cl)c1)c1ccc(N2CCCC2)c([N+](=O)[O-])c1. The lowest BCUT2D eigenvalue weighted by Gasteiger charge is -2.17. The molecule has 1 fully saturated rings. The van der Waals surface area contributed by atoms with Gasteiger partial charge in [-0.25, -0.2) is 4.79 Å². The molecule has 1 saturated heterocycles. The van der Waals surface area contributed by atoms with Crippen LogP contribution in [0.4, 0.5) is 11.4 Å². The minimum atomic E-state index is -0.632. The van der Waals surface area contributed by atoms with Crippen molar-refractivity contribution in [2.24, 2.45) is 0 Å². The summed E-state index contributed by atoms with van der Waals surface area (Å²) in [5.74, 6) is -0.632. The van der Waals surface area contributed by atoms with Crippen LogP contribution in [0.25, 0.3) is 0 Å². The highest BCUT2D eigenvalue weighted by Crippen LogP contribution is 2.32. The Morgan fingerprint density at radius 1 is 1.12 bits per heavy atom. The molecule has 0 aliphatic carbocycles. The van der Waals surface area contributed by atoms with Gasteiger partial charge in [0.25, 0.3) is 5.69 Å². The van der Waals surface area contributed by atoms with Crippen molar-refractivity contribution in [1.29, 1.82) is 0 Å². The van der Waals surface area contributed by atoms with Crippen molar-refractivity contribution < 1.29 is 14.5 Å². The molecule has 136 valence electrons. The Kier molecular flexibility index (Phi) is 5.64. The molecule has 1 aliphatic heterocycles. The fourth-order valence-corrected chi connectivity index (χ4v) is 3.20. The lowest BCUT2D eigenvalue weighted by atomic mass is 10.1. The molecule has 26 heavy (non-hydrogen) atoms. The highest BCUT2D eigenvalue weighted by atomic mass is 35.5. The van der Waals surface area contributed by atoms with Crippen LogP contribution in [0.2, 0.25) is 10.0 Å². The molecule has 0 bridgehead atoms. The fraction of sp³-hybridized carbons (Fsp3) is 0.278. The van der Waals surface area contributed by atoms with Crippen molar-refractivity contribution in [2.75, 3.05) is 18.0 Å². The number of nitrogens with zero attached hydrogens (tertiary/aromatic N) is 2. The molecule has 0 radical (unpaired) electrons. The first-order valence-electron chi connectivity index (χ1n) is 8.10. The van der Waals surface area contributed by atoms with Crippen molar-refractivity contribution in [3.63, 3.8) is 0 Å². The predicted molar refractivity (Wildman–Crippen MR) is 100 cm³/mol. The quantitative estimate of drug-likeness (QED) is 0.411. The smallest absolute Gasteiger partial charge is 0.338 e. The minimum absolute atomic E-state index is 0.00258. The average molecular weight is 395 g/mol. The van der Waals surface area contributed by atoms with Crippen LogP contribution in [0.5, 0.6) is 0 Å². The van der Waals surface area contributed by atoms with E-state index in [1.54, 1.807) is 30.3 Å². The van der Waals surface area contributed by atoms with Gasteiger partial charge < -0.3 is 9.64 Å². The van der Waals surface area contributed by atoms with E-state index in [1.165, 1.54) is 6.07 Å². The third kappa shape index (κ3) is 4.08. The van der Waals surface area contributed by atoms with E-state index >= 15 is 0 Å². The van der Waals surface area contributed by atoms with Gasteiger partial charge in [-0.2, -0.15) is 0 Å². The molecular weight excluding hydrogens is 379 g/mol. The molecule has 0 saturated carbocycles. The summed E-state index contributed by atoms with van der Waals surface area (Å²) in [6, 6.07) is 9.35. The second-order valence-corrected chi connectivity index (χ2v) is 6.79. The molecule has 0 atom stereocenters. The van der Waals surface area contributed by atoms with Gasteiger partial charge >= 0.3 is 5.97 Å². The molecule has 0 spiro atoms. The van der Waals surface area contributed by atoms with Crippen LogP contribution in [0.1, 0.15) is 28.8 Å². The number of nitro benzene ring substituents is 1. The molecule has 0 unspecified atom stereocenters.